The van der Waals surface area contributed by atoms with E-state index in [4.69, 9.17) is 30.8 Å². The molecule has 13 heteroatoms. The second-order valence-corrected chi connectivity index (χ2v) is 11.6. The van der Waals surface area contributed by atoms with Gasteiger partial charge in [0.1, 0.15) is 28.7 Å². The Kier molecular flexibility index (Phi) is 7.56. The molecule has 2 aliphatic heterocycles. The van der Waals surface area contributed by atoms with Crippen molar-refractivity contribution in [1.82, 2.24) is 24.5 Å². The summed E-state index contributed by atoms with van der Waals surface area (Å²) in [7, 11) is 1.64. The van der Waals surface area contributed by atoms with Crippen molar-refractivity contribution in [2.24, 2.45) is 0 Å². The van der Waals surface area contributed by atoms with Gasteiger partial charge in [0.15, 0.2) is 17.2 Å². The van der Waals surface area contributed by atoms with Crippen LogP contribution in [0, 0.1) is 22.7 Å². The Morgan fingerprint density at radius 1 is 1.14 bits per heavy atom. The number of nitrogens with zero attached hydrogens (tertiary/aromatic N) is 8. The summed E-state index contributed by atoms with van der Waals surface area (Å²) < 4.78 is 18.5. The number of fused-ring (bicyclic) bond motifs is 1. The topological polar surface area (TPSA) is 137 Å². The van der Waals surface area contributed by atoms with Crippen LogP contribution in [0.4, 0.5) is 17.5 Å². The molecule has 1 atom stereocenters. The number of ether oxygens (including phenoxy) is 3. The van der Waals surface area contributed by atoms with Gasteiger partial charge >= 0.3 is 0 Å². The number of hydrogen-bond acceptors (Lipinski definition) is 11. The maximum Gasteiger partial charge on any atom is 0.247 e. The van der Waals surface area contributed by atoms with Crippen LogP contribution in [0.1, 0.15) is 36.1 Å². The maximum absolute atomic E-state index is 9.81. The smallest absolute Gasteiger partial charge is 0.247 e. The summed E-state index contributed by atoms with van der Waals surface area (Å²) in [6, 6.07) is 16.3. The first-order valence-corrected chi connectivity index (χ1v) is 15.0. The van der Waals surface area contributed by atoms with Crippen molar-refractivity contribution in [3.63, 3.8) is 0 Å². The summed E-state index contributed by atoms with van der Waals surface area (Å²) >= 11 is 6.88. The normalized spacial score (nSPS) is 18.4. The zero-order valence-electron chi connectivity index (χ0n) is 24.1. The fourth-order valence-corrected chi connectivity index (χ4v) is 5.84. The highest BCUT2D eigenvalue weighted by Gasteiger charge is 2.34. The van der Waals surface area contributed by atoms with E-state index in [2.05, 4.69) is 37.3 Å². The third-order valence-electron chi connectivity index (χ3n) is 8.25. The van der Waals surface area contributed by atoms with E-state index in [1.165, 1.54) is 10.7 Å². The molecule has 3 fully saturated rings. The zero-order valence-corrected chi connectivity index (χ0v) is 24.9. The molecule has 1 aliphatic carbocycles. The minimum absolute atomic E-state index is 0.0525. The Labute approximate surface area is 259 Å². The molecule has 0 radical (unpaired) electrons. The zero-order chi connectivity index (χ0) is 30.2. The van der Waals surface area contributed by atoms with Crippen molar-refractivity contribution in [3.8, 4) is 23.6 Å². The molecule has 2 aromatic carbocycles. The van der Waals surface area contributed by atoms with Crippen molar-refractivity contribution in [3.05, 3.63) is 64.4 Å². The highest BCUT2D eigenvalue weighted by atomic mass is 35.5. The van der Waals surface area contributed by atoms with Gasteiger partial charge < -0.3 is 24.4 Å². The second kappa shape index (κ2) is 11.8. The fraction of sp³-hybridized carbons (Fsp3) is 0.387. The number of imidazole rings is 1. The summed E-state index contributed by atoms with van der Waals surface area (Å²) in [5, 5.41) is 27.7. The molecular weight excluding hydrogens is 582 g/mol. The number of hydrogen-bond donors (Lipinski definition) is 1. The average molecular weight is 612 g/mol. The molecule has 2 aromatic heterocycles. The second-order valence-electron chi connectivity index (χ2n) is 11.2. The maximum atomic E-state index is 9.81. The van der Waals surface area contributed by atoms with Crippen LogP contribution in [0.15, 0.2) is 42.6 Å². The Morgan fingerprint density at radius 2 is 1.95 bits per heavy atom. The molecule has 224 valence electrons. The number of nitrogens with one attached hydrogen (secondary N) is 1. The number of aromatic nitrogens is 4. The first-order valence-electron chi connectivity index (χ1n) is 14.6. The van der Waals surface area contributed by atoms with Gasteiger partial charge in [0.05, 0.1) is 49.9 Å². The number of rotatable bonds is 10. The number of anilines is 3. The van der Waals surface area contributed by atoms with E-state index in [0.29, 0.717) is 46.1 Å². The number of methoxy groups -OCH3 is 1. The molecule has 1 saturated carbocycles. The van der Waals surface area contributed by atoms with E-state index >= 15 is 0 Å². The van der Waals surface area contributed by atoms with Crippen LogP contribution < -0.4 is 19.7 Å². The summed E-state index contributed by atoms with van der Waals surface area (Å²) in [5.41, 5.74) is 2.65. The highest BCUT2D eigenvalue weighted by molar-refractivity contribution is 6.34. The summed E-state index contributed by atoms with van der Waals surface area (Å²) in [4.78, 5) is 14.0. The van der Waals surface area contributed by atoms with Crippen LogP contribution in [-0.2, 0) is 11.3 Å². The van der Waals surface area contributed by atoms with Crippen molar-refractivity contribution >= 4 is 34.7 Å². The molecule has 0 bridgehead atoms. The lowest BCUT2D eigenvalue weighted by molar-refractivity contribution is -0.0592. The lowest BCUT2D eigenvalue weighted by Gasteiger charge is -2.34. The van der Waals surface area contributed by atoms with E-state index in [1.54, 1.807) is 19.2 Å². The molecule has 44 heavy (non-hydrogen) atoms. The van der Waals surface area contributed by atoms with Gasteiger partial charge in [-0.2, -0.15) is 20.0 Å². The van der Waals surface area contributed by atoms with E-state index in [-0.39, 0.29) is 23.8 Å². The molecule has 4 aromatic rings. The summed E-state index contributed by atoms with van der Waals surface area (Å²) in [6.07, 6.45) is 4.33. The first kappa shape index (κ1) is 28.2. The van der Waals surface area contributed by atoms with E-state index in [9.17, 15) is 10.5 Å². The van der Waals surface area contributed by atoms with Gasteiger partial charge in [-0.25, -0.2) is 4.98 Å². The number of halogens is 1. The van der Waals surface area contributed by atoms with Crippen molar-refractivity contribution in [2.75, 3.05) is 43.6 Å². The predicted molar refractivity (Wildman–Crippen MR) is 162 cm³/mol. The Hall–Kier alpha value is -4.62. The van der Waals surface area contributed by atoms with Gasteiger partial charge in [0, 0.05) is 25.7 Å². The third kappa shape index (κ3) is 5.55. The lowest BCUT2D eigenvalue weighted by atomic mass is 10.2. The van der Waals surface area contributed by atoms with Crippen molar-refractivity contribution in [1.29, 1.82) is 10.5 Å². The highest BCUT2D eigenvalue weighted by Crippen LogP contribution is 2.38. The number of likely N-dealkylation sites (tertiary alicyclic amines) is 1. The molecule has 2 saturated heterocycles. The SMILES string of the molecule is COc1ccc(CN(c2nc(Nc3cc(C#N)cc(OC4CCN(C5COC5)C4)c3Cl)nn3c(C#N)cnc23)C2CC2)cc1. The lowest BCUT2D eigenvalue weighted by Crippen LogP contribution is -2.48. The van der Waals surface area contributed by atoms with E-state index < -0.39 is 0 Å². The summed E-state index contributed by atoms with van der Waals surface area (Å²) in [6.45, 7) is 3.79. The van der Waals surface area contributed by atoms with Gasteiger partial charge in [0.25, 0.3) is 0 Å². The standard InChI is InChI=1S/C31H30ClN9O3/c1-42-24-6-2-19(3-7-24)15-40(21-4-5-21)30-29-35-14-22(13-34)41(29)38-31(37-30)36-26-10-20(12-33)11-27(28(26)32)44-25-8-9-39(16-25)23-17-43-18-23/h2-3,6-7,10-11,14,21,23,25H,4-5,8-9,15-18H2,1H3,(H,36,38). The molecule has 0 amide bonds. The van der Waals surface area contributed by atoms with Crippen molar-refractivity contribution in [2.45, 2.75) is 44.0 Å². The quantitative estimate of drug-likeness (QED) is 0.275. The first-order chi connectivity index (χ1) is 21.5. The van der Waals surface area contributed by atoms with Crippen LogP contribution >= 0.6 is 11.6 Å². The van der Waals surface area contributed by atoms with Gasteiger partial charge in [-0.15, -0.1) is 5.10 Å². The molecular formula is C31H30ClN9O3. The average Bonchev–Trinajstić information content (AvgIpc) is 3.62. The molecule has 1 unspecified atom stereocenters. The molecule has 1 N–H and O–H groups in total. The Morgan fingerprint density at radius 3 is 2.64 bits per heavy atom. The summed E-state index contributed by atoms with van der Waals surface area (Å²) in [5.74, 6) is 2.01. The van der Waals surface area contributed by atoms with Crippen LogP contribution in [0.2, 0.25) is 5.02 Å². The van der Waals surface area contributed by atoms with Gasteiger partial charge in [0.2, 0.25) is 5.95 Å². The fourth-order valence-electron chi connectivity index (χ4n) is 5.63. The molecule has 7 rings (SSSR count). The van der Waals surface area contributed by atoms with Crippen LogP contribution in [0.25, 0.3) is 5.65 Å². The molecule has 3 aliphatic rings. The van der Waals surface area contributed by atoms with Crippen LogP contribution in [-0.4, -0.2) is 76.1 Å². The molecule has 12 nitrogen and oxygen atoms in total. The van der Waals surface area contributed by atoms with Gasteiger partial charge in [-0.3, -0.25) is 4.90 Å². The van der Waals surface area contributed by atoms with Crippen molar-refractivity contribution < 1.29 is 14.2 Å². The Balaban J connectivity index is 1.21. The predicted octanol–water partition coefficient (Wildman–Crippen LogP) is 4.29. The molecule has 0 spiro atoms. The van der Waals surface area contributed by atoms with E-state index in [0.717, 1.165) is 56.9 Å². The largest absolute Gasteiger partial charge is 0.497 e. The van der Waals surface area contributed by atoms with Crippen LogP contribution in [0.3, 0.4) is 0 Å². The van der Waals surface area contributed by atoms with Crippen LogP contribution in [0.5, 0.6) is 11.5 Å². The molecule has 4 heterocycles. The monoisotopic (exact) mass is 611 g/mol. The van der Waals surface area contributed by atoms with E-state index in [1.807, 2.05) is 24.3 Å². The Bertz CT molecular complexity index is 1770. The van der Waals surface area contributed by atoms with Gasteiger partial charge in [-0.05, 0) is 49.1 Å². The third-order valence-corrected chi connectivity index (χ3v) is 8.64. The number of benzene rings is 2. The number of nitriles is 2. The minimum atomic E-state index is -0.0525. The van der Waals surface area contributed by atoms with Gasteiger partial charge in [-0.1, -0.05) is 23.7 Å². The minimum Gasteiger partial charge on any atom is -0.497 e.